The van der Waals surface area contributed by atoms with Gasteiger partial charge in [-0.1, -0.05) is 0 Å². The highest BCUT2D eigenvalue weighted by Crippen LogP contribution is 2.06. The number of imide groups is 1. The van der Waals surface area contributed by atoms with E-state index in [-0.39, 0.29) is 18.9 Å². The summed E-state index contributed by atoms with van der Waals surface area (Å²) in [6, 6.07) is -0.625. The molecule has 4 N–H and O–H groups in total. The number of hydrogen-bond acceptors (Lipinski definition) is 4. The molecule has 14 heavy (non-hydrogen) atoms. The summed E-state index contributed by atoms with van der Waals surface area (Å²) in [5.41, 5.74) is 5.16. The fraction of sp³-hybridized carbons (Fsp3) is 0.429. The van der Waals surface area contributed by atoms with Crippen LogP contribution in [0.5, 0.6) is 0 Å². The molecule has 1 rings (SSSR count). The lowest BCUT2D eigenvalue weighted by molar-refractivity contribution is -0.124. The number of aldehydes is 1. The molecule has 7 heteroatoms. The molecule has 1 saturated heterocycles. The molecule has 0 bridgehead atoms. The molecule has 3 amide bonds. The Morgan fingerprint density at radius 2 is 2.36 bits per heavy atom. The average molecular weight is 198 g/mol. The third kappa shape index (κ3) is 1.87. The van der Waals surface area contributed by atoms with Crippen LogP contribution >= 0.6 is 0 Å². The minimum atomic E-state index is -0.854. The Kier molecular flexibility index (Phi) is 2.80. The lowest BCUT2D eigenvalue weighted by Crippen LogP contribution is -2.57. The molecule has 0 saturated carbocycles. The summed E-state index contributed by atoms with van der Waals surface area (Å²) in [4.78, 5) is 33.5. The van der Waals surface area contributed by atoms with Gasteiger partial charge in [-0.25, -0.2) is 4.79 Å². The largest absolute Gasteiger partial charge is 0.387 e. The van der Waals surface area contributed by atoms with E-state index in [9.17, 15) is 14.4 Å². The number of carbonyl (C=O) groups is 3. The van der Waals surface area contributed by atoms with Crippen molar-refractivity contribution in [1.29, 1.82) is 5.41 Å². The van der Waals surface area contributed by atoms with Crippen LogP contribution in [0.15, 0.2) is 0 Å². The molecule has 0 radical (unpaired) electrons. The molecule has 0 unspecified atom stereocenters. The molecule has 76 valence electrons. The SMILES string of the molecule is N=C(N)[C@@H]1CN(CC=O)C(=O)NC1=O. The van der Waals surface area contributed by atoms with E-state index in [0.717, 1.165) is 4.90 Å². The van der Waals surface area contributed by atoms with Crippen LogP contribution in [0.1, 0.15) is 0 Å². The molecule has 0 spiro atoms. The van der Waals surface area contributed by atoms with Gasteiger partial charge < -0.3 is 15.4 Å². The smallest absolute Gasteiger partial charge is 0.324 e. The van der Waals surface area contributed by atoms with Gasteiger partial charge in [-0.3, -0.25) is 15.5 Å². The van der Waals surface area contributed by atoms with E-state index < -0.39 is 17.9 Å². The highest BCUT2D eigenvalue weighted by molar-refractivity contribution is 6.09. The second-order valence-corrected chi connectivity index (χ2v) is 2.87. The second-order valence-electron chi connectivity index (χ2n) is 2.87. The first-order valence-corrected chi connectivity index (χ1v) is 3.93. The van der Waals surface area contributed by atoms with Crippen molar-refractivity contribution in [2.45, 2.75) is 0 Å². The van der Waals surface area contributed by atoms with Crippen molar-refractivity contribution in [2.75, 3.05) is 13.1 Å². The lowest BCUT2D eigenvalue weighted by Gasteiger charge is -2.29. The van der Waals surface area contributed by atoms with Crippen LogP contribution in [-0.2, 0) is 9.59 Å². The van der Waals surface area contributed by atoms with Crippen LogP contribution in [0.2, 0.25) is 0 Å². The number of nitrogens with one attached hydrogen (secondary N) is 2. The monoisotopic (exact) mass is 198 g/mol. The first kappa shape index (κ1) is 10.2. The highest BCUT2D eigenvalue weighted by atomic mass is 16.2. The van der Waals surface area contributed by atoms with Crippen LogP contribution in [-0.4, -0.2) is 42.0 Å². The molecule has 0 aromatic carbocycles. The maximum Gasteiger partial charge on any atom is 0.324 e. The van der Waals surface area contributed by atoms with Gasteiger partial charge in [0.25, 0.3) is 0 Å². The van der Waals surface area contributed by atoms with Gasteiger partial charge in [-0.15, -0.1) is 0 Å². The van der Waals surface area contributed by atoms with Gasteiger partial charge >= 0.3 is 6.03 Å². The predicted molar refractivity (Wildman–Crippen MR) is 46.6 cm³/mol. The van der Waals surface area contributed by atoms with Crippen molar-refractivity contribution in [3.05, 3.63) is 0 Å². The Balaban J connectivity index is 2.74. The van der Waals surface area contributed by atoms with Crippen LogP contribution in [0.3, 0.4) is 0 Å². The minimum absolute atomic E-state index is 0.0151. The summed E-state index contributed by atoms with van der Waals surface area (Å²) in [6.45, 7) is -0.123. The van der Waals surface area contributed by atoms with Gasteiger partial charge in [-0.2, -0.15) is 0 Å². The molecule has 1 fully saturated rings. The molecule has 1 aliphatic rings. The lowest BCUT2D eigenvalue weighted by atomic mass is 10.1. The third-order valence-electron chi connectivity index (χ3n) is 1.91. The van der Waals surface area contributed by atoms with Crippen molar-refractivity contribution < 1.29 is 14.4 Å². The van der Waals surface area contributed by atoms with E-state index in [1.807, 2.05) is 5.32 Å². The van der Waals surface area contributed by atoms with Crippen LogP contribution in [0, 0.1) is 11.3 Å². The van der Waals surface area contributed by atoms with Crippen molar-refractivity contribution in [3.63, 3.8) is 0 Å². The number of nitrogens with zero attached hydrogens (tertiary/aromatic N) is 1. The van der Waals surface area contributed by atoms with E-state index in [1.54, 1.807) is 0 Å². The van der Waals surface area contributed by atoms with Gasteiger partial charge in [0.1, 0.15) is 18.0 Å². The van der Waals surface area contributed by atoms with Crippen LogP contribution < -0.4 is 11.1 Å². The van der Waals surface area contributed by atoms with E-state index >= 15 is 0 Å². The molecule has 7 nitrogen and oxygen atoms in total. The minimum Gasteiger partial charge on any atom is -0.387 e. The molecular formula is C7H10N4O3. The first-order valence-electron chi connectivity index (χ1n) is 3.93. The molecule has 0 aromatic heterocycles. The summed E-state index contributed by atoms with van der Waals surface area (Å²) in [7, 11) is 0. The number of amides is 3. The molecule has 0 aromatic rings. The fourth-order valence-electron chi connectivity index (χ4n) is 1.14. The van der Waals surface area contributed by atoms with Crippen LogP contribution in [0.25, 0.3) is 0 Å². The molecular weight excluding hydrogens is 188 g/mol. The first-order chi connectivity index (χ1) is 6.56. The quantitative estimate of drug-likeness (QED) is 0.284. The topological polar surface area (TPSA) is 116 Å². The fourth-order valence-corrected chi connectivity index (χ4v) is 1.14. The summed E-state index contributed by atoms with van der Waals surface area (Å²) in [5.74, 6) is -1.76. The van der Waals surface area contributed by atoms with Gasteiger partial charge in [0.2, 0.25) is 5.91 Å². The zero-order chi connectivity index (χ0) is 10.7. The predicted octanol–water partition coefficient (Wildman–Crippen LogP) is -1.71. The Labute approximate surface area is 79.7 Å². The summed E-state index contributed by atoms with van der Waals surface area (Å²) in [6.07, 6.45) is 0.548. The number of carbonyl (C=O) groups excluding carboxylic acids is 3. The zero-order valence-electron chi connectivity index (χ0n) is 7.32. The zero-order valence-corrected chi connectivity index (χ0v) is 7.32. The number of rotatable bonds is 3. The second kappa shape index (κ2) is 3.86. The molecule has 1 aliphatic heterocycles. The summed E-state index contributed by atoms with van der Waals surface area (Å²) >= 11 is 0. The van der Waals surface area contributed by atoms with Crippen molar-refractivity contribution in [1.82, 2.24) is 10.2 Å². The van der Waals surface area contributed by atoms with Crippen molar-refractivity contribution >= 4 is 24.1 Å². The van der Waals surface area contributed by atoms with Crippen molar-refractivity contribution in [3.8, 4) is 0 Å². The van der Waals surface area contributed by atoms with E-state index in [2.05, 4.69) is 0 Å². The molecule has 1 atom stereocenters. The van der Waals surface area contributed by atoms with Gasteiger partial charge in [0, 0.05) is 6.54 Å². The van der Waals surface area contributed by atoms with Gasteiger partial charge in [0.15, 0.2) is 0 Å². The Bertz CT molecular complexity index is 301. The normalized spacial score (nSPS) is 21.7. The Morgan fingerprint density at radius 1 is 1.71 bits per heavy atom. The highest BCUT2D eigenvalue weighted by Gasteiger charge is 2.33. The van der Waals surface area contributed by atoms with Crippen LogP contribution in [0.4, 0.5) is 4.79 Å². The number of nitrogens with two attached hydrogens (primary N) is 1. The number of urea groups is 1. The standard InChI is InChI=1S/C7H10N4O3/c8-5(9)4-3-11(1-2-12)7(14)10-6(4)13/h2,4H,1,3H2,(H3,8,9)(H,10,13,14)/t4-/m0/s1. The Hall–Kier alpha value is -1.92. The van der Waals surface area contributed by atoms with Gasteiger partial charge in [0.05, 0.1) is 6.54 Å². The van der Waals surface area contributed by atoms with E-state index in [0.29, 0.717) is 6.29 Å². The number of hydrogen-bond donors (Lipinski definition) is 3. The summed E-state index contributed by atoms with van der Waals surface area (Å²) in [5, 5.41) is 9.11. The molecule has 1 heterocycles. The maximum absolute atomic E-state index is 11.1. The van der Waals surface area contributed by atoms with E-state index in [4.69, 9.17) is 11.1 Å². The number of amidine groups is 1. The molecule has 0 aliphatic carbocycles. The third-order valence-corrected chi connectivity index (χ3v) is 1.91. The maximum atomic E-state index is 11.1. The van der Waals surface area contributed by atoms with E-state index in [1.165, 1.54) is 0 Å². The Morgan fingerprint density at radius 3 is 2.86 bits per heavy atom. The van der Waals surface area contributed by atoms with Gasteiger partial charge in [-0.05, 0) is 0 Å². The van der Waals surface area contributed by atoms with Crippen molar-refractivity contribution in [2.24, 2.45) is 11.7 Å². The summed E-state index contributed by atoms with van der Waals surface area (Å²) < 4.78 is 0. The average Bonchev–Trinajstić information content (AvgIpc) is 2.09.